The molecule has 1 atom stereocenters. The number of imidazole rings is 1. The average Bonchev–Trinajstić information content (AvgIpc) is 3.20. The predicted molar refractivity (Wildman–Crippen MR) is 119 cm³/mol. The normalized spacial score (nSPS) is 11.4. The van der Waals surface area contributed by atoms with E-state index in [2.05, 4.69) is 4.98 Å². The highest BCUT2D eigenvalue weighted by molar-refractivity contribution is 6.30. The zero-order valence-electron chi connectivity index (χ0n) is 16.5. The monoisotopic (exact) mass is 433 g/mol. The fraction of sp³-hybridized carbons (Fsp3) is 0.273. The van der Waals surface area contributed by atoms with Gasteiger partial charge in [-0.05, 0) is 54.8 Å². The van der Waals surface area contributed by atoms with Crippen LogP contribution < -0.4 is 9.64 Å². The smallest absolute Gasteiger partial charge is 0.223 e. The van der Waals surface area contributed by atoms with Gasteiger partial charge in [0.2, 0.25) is 5.91 Å². The van der Waals surface area contributed by atoms with Gasteiger partial charge in [0.1, 0.15) is 11.9 Å². The molecule has 7 heteroatoms. The summed E-state index contributed by atoms with van der Waals surface area (Å²) in [5.41, 5.74) is 2.06. The van der Waals surface area contributed by atoms with Gasteiger partial charge in [0.15, 0.2) is 0 Å². The second-order valence-corrected chi connectivity index (χ2v) is 7.17. The van der Waals surface area contributed by atoms with Crippen LogP contribution in [0.15, 0.2) is 67.3 Å². The van der Waals surface area contributed by atoms with Crippen molar-refractivity contribution in [3.8, 4) is 5.75 Å². The van der Waals surface area contributed by atoms with E-state index in [0.717, 1.165) is 29.3 Å². The molecule has 29 heavy (non-hydrogen) atoms. The molecule has 5 nitrogen and oxygen atoms in total. The molecule has 1 amide bonds. The van der Waals surface area contributed by atoms with Gasteiger partial charge in [0.25, 0.3) is 0 Å². The van der Waals surface area contributed by atoms with E-state index < -0.39 is 0 Å². The minimum absolute atomic E-state index is 0. The summed E-state index contributed by atoms with van der Waals surface area (Å²) < 4.78 is 8.27. The summed E-state index contributed by atoms with van der Waals surface area (Å²) in [5, 5.41) is 0.741. The van der Waals surface area contributed by atoms with Crippen molar-refractivity contribution in [1.82, 2.24) is 9.55 Å². The van der Waals surface area contributed by atoms with Crippen LogP contribution in [0.4, 0.5) is 5.69 Å². The molecule has 1 heterocycles. The van der Waals surface area contributed by atoms with Gasteiger partial charge in [-0.2, -0.15) is 0 Å². The summed E-state index contributed by atoms with van der Waals surface area (Å²) >= 11 is 5.97. The highest BCUT2D eigenvalue weighted by Crippen LogP contribution is 2.21. The first-order chi connectivity index (χ1) is 13.5. The Balaban J connectivity index is 0.00000300. The van der Waals surface area contributed by atoms with Crippen molar-refractivity contribution in [1.29, 1.82) is 0 Å². The first-order valence-corrected chi connectivity index (χ1v) is 9.60. The van der Waals surface area contributed by atoms with Gasteiger partial charge in [-0.1, -0.05) is 23.7 Å². The van der Waals surface area contributed by atoms with Crippen molar-refractivity contribution in [2.24, 2.45) is 0 Å². The highest BCUT2D eigenvalue weighted by Gasteiger charge is 2.13. The minimum Gasteiger partial charge on any atom is -0.489 e. The van der Waals surface area contributed by atoms with Crippen LogP contribution in [0, 0.1) is 0 Å². The molecule has 2 aromatic carbocycles. The van der Waals surface area contributed by atoms with E-state index in [-0.39, 0.29) is 24.4 Å². The number of aryl methyl sites for hydroxylation is 1. The van der Waals surface area contributed by atoms with E-state index in [9.17, 15) is 4.79 Å². The van der Waals surface area contributed by atoms with E-state index in [1.165, 1.54) is 5.56 Å². The van der Waals surface area contributed by atoms with Crippen LogP contribution >= 0.6 is 24.0 Å². The molecule has 0 saturated heterocycles. The first kappa shape index (κ1) is 22.8. The third kappa shape index (κ3) is 6.80. The predicted octanol–water partition coefficient (Wildman–Crippen LogP) is 5.02. The molecule has 0 fully saturated rings. The Morgan fingerprint density at radius 2 is 1.86 bits per heavy atom. The molecular formula is C22H25Cl2N3O2. The number of aromatic nitrogens is 2. The zero-order chi connectivity index (χ0) is 19.9. The van der Waals surface area contributed by atoms with Gasteiger partial charge >= 0.3 is 0 Å². The number of carbonyl (C=O) groups excluding carboxylic acids is 1. The molecule has 0 bridgehead atoms. The van der Waals surface area contributed by atoms with Crippen molar-refractivity contribution in [2.45, 2.75) is 32.4 Å². The van der Waals surface area contributed by atoms with Gasteiger partial charge < -0.3 is 14.2 Å². The van der Waals surface area contributed by atoms with Gasteiger partial charge in [-0.3, -0.25) is 4.79 Å². The summed E-state index contributed by atoms with van der Waals surface area (Å²) in [6.07, 6.45) is 7.23. The van der Waals surface area contributed by atoms with Crippen LogP contribution in [0.3, 0.4) is 0 Å². The lowest BCUT2D eigenvalue weighted by molar-refractivity contribution is -0.116. The van der Waals surface area contributed by atoms with Gasteiger partial charge in [0.05, 0.1) is 12.9 Å². The topological polar surface area (TPSA) is 47.4 Å². The van der Waals surface area contributed by atoms with E-state index in [1.54, 1.807) is 31.4 Å². The molecule has 0 aliphatic heterocycles. The number of hydrogen-bond donors (Lipinski definition) is 0. The molecule has 1 aromatic heterocycles. The van der Waals surface area contributed by atoms with Crippen molar-refractivity contribution in [3.63, 3.8) is 0 Å². The molecular weight excluding hydrogens is 409 g/mol. The minimum atomic E-state index is -0.0127. The van der Waals surface area contributed by atoms with Crippen LogP contribution in [0.25, 0.3) is 0 Å². The zero-order valence-corrected chi connectivity index (χ0v) is 18.1. The molecule has 1 unspecified atom stereocenters. The maximum atomic E-state index is 11.5. The van der Waals surface area contributed by atoms with Crippen LogP contribution in [-0.2, 0) is 17.8 Å². The largest absolute Gasteiger partial charge is 0.489 e. The Hall–Kier alpha value is -2.50. The third-order valence-corrected chi connectivity index (χ3v) is 4.89. The lowest BCUT2D eigenvalue weighted by Crippen LogP contribution is -2.24. The van der Waals surface area contributed by atoms with Crippen molar-refractivity contribution in [2.75, 3.05) is 11.9 Å². The molecule has 0 N–H and O–H groups in total. The first-order valence-electron chi connectivity index (χ1n) is 9.22. The SMILES string of the molecule is CC(=O)N(C)c1ccc(OC(CCc2ccc(Cl)cc2)Cn2ccnc2)cc1.Cl. The number of ether oxygens (including phenoxy) is 1. The number of hydrogen-bond acceptors (Lipinski definition) is 3. The molecule has 154 valence electrons. The molecule has 0 spiro atoms. The number of amides is 1. The molecule has 0 aliphatic carbocycles. The number of benzene rings is 2. The lowest BCUT2D eigenvalue weighted by atomic mass is 10.1. The third-order valence-electron chi connectivity index (χ3n) is 4.64. The van der Waals surface area contributed by atoms with Crippen LogP contribution in [0.1, 0.15) is 18.9 Å². The number of nitrogens with zero attached hydrogens (tertiary/aromatic N) is 3. The number of halogens is 2. The van der Waals surface area contributed by atoms with Gasteiger partial charge in [0, 0.05) is 37.1 Å². The summed E-state index contributed by atoms with van der Waals surface area (Å²) in [5.74, 6) is 0.775. The molecule has 3 aromatic rings. The van der Waals surface area contributed by atoms with E-state index in [4.69, 9.17) is 16.3 Å². The highest BCUT2D eigenvalue weighted by atomic mass is 35.5. The van der Waals surface area contributed by atoms with E-state index in [0.29, 0.717) is 6.54 Å². The fourth-order valence-corrected chi connectivity index (χ4v) is 3.04. The Bertz CT molecular complexity index is 881. The standard InChI is InChI=1S/C22H24ClN3O2.ClH/c1-17(27)25(2)20-8-11-21(12-9-20)28-22(15-26-14-13-24-16-26)10-5-18-3-6-19(23)7-4-18;/h3-4,6-9,11-14,16,22H,5,10,15H2,1-2H3;1H. The number of anilines is 1. The summed E-state index contributed by atoms with van der Waals surface area (Å²) in [7, 11) is 1.76. The maximum absolute atomic E-state index is 11.5. The van der Waals surface area contributed by atoms with Crippen molar-refractivity contribution in [3.05, 3.63) is 77.8 Å². The molecule has 0 aliphatic rings. The fourth-order valence-electron chi connectivity index (χ4n) is 2.92. The Kier molecular flexibility index (Phi) is 8.55. The van der Waals surface area contributed by atoms with Crippen LogP contribution in [0.5, 0.6) is 5.75 Å². The van der Waals surface area contributed by atoms with E-state index >= 15 is 0 Å². The number of rotatable bonds is 8. The van der Waals surface area contributed by atoms with Crippen molar-refractivity contribution >= 4 is 35.6 Å². The Morgan fingerprint density at radius 1 is 1.17 bits per heavy atom. The second-order valence-electron chi connectivity index (χ2n) is 6.74. The van der Waals surface area contributed by atoms with Gasteiger partial charge in [-0.25, -0.2) is 4.98 Å². The van der Waals surface area contributed by atoms with Gasteiger partial charge in [-0.15, -0.1) is 12.4 Å². The maximum Gasteiger partial charge on any atom is 0.223 e. The molecule has 3 rings (SSSR count). The summed E-state index contributed by atoms with van der Waals surface area (Å²) in [4.78, 5) is 17.2. The Morgan fingerprint density at radius 3 is 2.45 bits per heavy atom. The van der Waals surface area contributed by atoms with Crippen LogP contribution in [-0.4, -0.2) is 28.6 Å². The lowest BCUT2D eigenvalue weighted by Gasteiger charge is -2.21. The quantitative estimate of drug-likeness (QED) is 0.500. The summed E-state index contributed by atoms with van der Waals surface area (Å²) in [6.45, 7) is 2.25. The van der Waals surface area contributed by atoms with Crippen LogP contribution in [0.2, 0.25) is 5.02 Å². The van der Waals surface area contributed by atoms with Crippen molar-refractivity contribution < 1.29 is 9.53 Å². The molecule has 0 radical (unpaired) electrons. The van der Waals surface area contributed by atoms with E-state index in [1.807, 2.05) is 59.3 Å². The molecule has 0 saturated carbocycles. The second kappa shape index (κ2) is 10.9. The Labute approximate surface area is 182 Å². The number of carbonyl (C=O) groups is 1. The summed E-state index contributed by atoms with van der Waals surface area (Å²) in [6, 6.07) is 15.5. The average molecular weight is 434 g/mol.